The van der Waals surface area contributed by atoms with Crippen molar-refractivity contribution in [3.05, 3.63) is 18.0 Å². The summed E-state index contributed by atoms with van der Waals surface area (Å²) >= 11 is 0. The maximum Gasteiger partial charge on any atom is 0.307 e. The van der Waals surface area contributed by atoms with Crippen LogP contribution in [-0.2, 0) is 24.3 Å². The first kappa shape index (κ1) is 39.8. The highest BCUT2D eigenvalue weighted by Crippen LogP contribution is 2.75. The van der Waals surface area contributed by atoms with Gasteiger partial charge >= 0.3 is 5.97 Å². The Bertz CT molecular complexity index is 1660. The second kappa shape index (κ2) is 13.4. The topological polar surface area (TPSA) is 159 Å². The molecular weight excluding hydrogens is 679 g/mol. The Morgan fingerprint density at radius 1 is 1.12 bits per heavy atom. The van der Waals surface area contributed by atoms with Crippen molar-refractivity contribution in [2.45, 2.75) is 143 Å². The van der Waals surface area contributed by atoms with Gasteiger partial charge in [-0.15, -0.1) is 0 Å². The van der Waals surface area contributed by atoms with Crippen LogP contribution in [-0.4, -0.2) is 72.3 Å². The number of carboxylic acids is 1. The van der Waals surface area contributed by atoms with Gasteiger partial charge in [0, 0.05) is 22.9 Å². The van der Waals surface area contributed by atoms with E-state index in [0.717, 1.165) is 38.5 Å². The van der Waals surface area contributed by atoms with Crippen LogP contribution in [0.1, 0.15) is 127 Å². The number of nitrogens with one attached hydrogen (secondary N) is 1. The average molecular weight is 746 g/mol. The molecule has 1 aromatic rings. The van der Waals surface area contributed by atoms with Crippen molar-refractivity contribution in [1.82, 2.24) is 19.5 Å². The molecule has 52 heavy (non-hydrogen) atoms. The van der Waals surface area contributed by atoms with Crippen molar-refractivity contribution in [1.29, 1.82) is 0 Å². The Kier molecular flexibility index (Phi) is 10.3. The van der Waals surface area contributed by atoms with E-state index in [2.05, 4.69) is 83.2 Å². The number of aromatic nitrogens is 3. The summed E-state index contributed by atoms with van der Waals surface area (Å²) in [5.74, 6) is -0.0903. The molecule has 0 aromatic carbocycles. The molecule has 2 bridgehead atoms. The fourth-order valence-corrected chi connectivity index (χ4v) is 13.9. The summed E-state index contributed by atoms with van der Waals surface area (Å²) in [7, 11) is -3.94. The van der Waals surface area contributed by atoms with Gasteiger partial charge in [-0.25, -0.2) is 22.8 Å². The normalized spacial score (nSPS) is 41.1. The third-order valence-corrected chi connectivity index (χ3v) is 17.9. The van der Waals surface area contributed by atoms with Crippen molar-refractivity contribution in [2.75, 3.05) is 26.4 Å². The van der Waals surface area contributed by atoms with E-state index in [1.807, 2.05) is 0 Å². The minimum absolute atomic E-state index is 0.102. The number of sulfonamides is 1. The van der Waals surface area contributed by atoms with Crippen LogP contribution in [0.25, 0.3) is 0 Å². The predicted molar refractivity (Wildman–Crippen MR) is 201 cm³/mol. The summed E-state index contributed by atoms with van der Waals surface area (Å²) in [6.07, 6.45) is 9.91. The van der Waals surface area contributed by atoms with Gasteiger partial charge in [-0.1, -0.05) is 80.9 Å². The molecule has 1 saturated heterocycles. The number of rotatable bonds is 12. The Balaban J connectivity index is 1.49. The van der Waals surface area contributed by atoms with Crippen molar-refractivity contribution < 1.29 is 27.8 Å². The van der Waals surface area contributed by atoms with E-state index in [1.54, 1.807) is 11.6 Å². The first-order valence-electron chi connectivity index (χ1n) is 20.1. The summed E-state index contributed by atoms with van der Waals surface area (Å²) in [4.78, 5) is 17.8. The SMILES string of the molecule is CCNS(=O)(=O)c1ncnn1[C@@H]1C[C@@]23COC[C@](C)([C@@H]2CC[C@H]2C3=CC[C@@]3(C)[C@H](C(=O)O)[C@@](C)([C@H](C)C(C)C)CC[C@]23C)[C@H]1OCC(N)(CC)CC. The molecule has 1 aromatic heterocycles. The highest BCUT2D eigenvalue weighted by molar-refractivity contribution is 7.89. The van der Waals surface area contributed by atoms with E-state index in [1.165, 1.54) is 11.9 Å². The van der Waals surface area contributed by atoms with Gasteiger partial charge in [0.05, 0.1) is 37.9 Å². The lowest BCUT2D eigenvalue weighted by atomic mass is 9.34. The van der Waals surface area contributed by atoms with Crippen molar-refractivity contribution in [2.24, 2.45) is 62.4 Å². The van der Waals surface area contributed by atoms with Crippen LogP contribution < -0.4 is 10.5 Å². The maximum absolute atomic E-state index is 13.6. The number of nitrogens with zero attached hydrogens (tertiary/aromatic N) is 3. The van der Waals surface area contributed by atoms with Gasteiger partial charge < -0.3 is 20.3 Å². The lowest BCUT2D eigenvalue weighted by Crippen LogP contribution is -2.69. The number of allylic oxidation sites excluding steroid dienone is 1. The van der Waals surface area contributed by atoms with E-state index in [0.29, 0.717) is 38.6 Å². The zero-order valence-electron chi connectivity index (χ0n) is 33.5. The van der Waals surface area contributed by atoms with Crippen LogP contribution in [0.2, 0.25) is 0 Å². The number of aliphatic carboxylic acids is 1. The molecule has 4 aliphatic carbocycles. The number of carboxylic acid groups (broad SMARTS) is 1. The summed E-state index contributed by atoms with van der Waals surface area (Å²) in [5, 5.41) is 15.6. The summed E-state index contributed by atoms with van der Waals surface area (Å²) in [5.41, 5.74) is 5.85. The minimum Gasteiger partial charge on any atom is -0.481 e. The smallest absolute Gasteiger partial charge is 0.307 e. The number of hydrogen-bond acceptors (Lipinski definition) is 8. The molecule has 0 radical (unpaired) electrons. The molecule has 0 amide bonds. The monoisotopic (exact) mass is 745 g/mol. The summed E-state index contributed by atoms with van der Waals surface area (Å²) in [6, 6.07) is -0.442. The zero-order chi connectivity index (χ0) is 38.3. The summed E-state index contributed by atoms with van der Waals surface area (Å²) in [6.45, 7) is 23.4. The molecule has 5 aliphatic rings. The third-order valence-electron chi connectivity index (χ3n) is 16.5. The van der Waals surface area contributed by atoms with Crippen LogP contribution in [0.4, 0.5) is 0 Å². The predicted octanol–water partition coefficient (Wildman–Crippen LogP) is 6.61. The second-order valence-corrected chi connectivity index (χ2v) is 20.6. The van der Waals surface area contributed by atoms with Crippen molar-refractivity contribution in [3.63, 3.8) is 0 Å². The Morgan fingerprint density at radius 3 is 2.42 bits per heavy atom. The first-order chi connectivity index (χ1) is 24.2. The molecule has 294 valence electrons. The van der Waals surface area contributed by atoms with Crippen LogP contribution in [0.15, 0.2) is 23.1 Å². The molecule has 2 heterocycles. The summed E-state index contributed by atoms with van der Waals surface area (Å²) < 4.78 is 45.1. The van der Waals surface area contributed by atoms with Crippen molar-refractivity contribution >= 4 is 16.0 Å². The number of nitrogens with two attached hydrogens (primary N) is 1. The van der Waals surface area contributed by atoms with Gasteiger partial charge in [0.2, 0.25) is 0 Å². The number of ether oxygens (including phenoxy) is 2. The van der Waals surface area contributed by atoms with E-state index >= 15 is 0 Å². The Hall–Kier alpha value is -1.86. The van der Waals surface area contributed by atoms with Crippen molar-refractivity contribution in [3.8, 4) is 0 Å². The molecule has 4 N–H and O–H groups in total. The lowest BCUT2D eigenvalue weighted by molar-refractivity contribution is -0.253. The highest BCUT2D eigenvalue weighted by Gasteiger charge is 2.72. The fourth-order valence-electron chi connectivity index (χ4n) is 12.7. The van der Waals surface area contributed by atoms with Gasteiger partial charge in [0.25, 0.3) is 15.2 Å². The van der Waals surface area contributed by atoms with Gasteiger partial charge in [-0.3, -0.25) is 4.79 Å². The molecule has 11 atom stereocenters. The standard InChI is InChI=1S/C40H67N5O6S/c1-11-39(41,12-2)22-51-32-29(45-34(42-24-43-45)52(48,49)44-13-3)20-40-23-50-21-36(32,8)30(40)15-14-27-28(40)16-17-38(10)31(33(46)47)35(7,26(6)25(4)5)18-19-37(27,38)9/h16,24-27,29-32,44H,11-15,17-23,41H2,1-10H3,(H,46,47)/t26-,27+,29-,30+,31-,32+,35-,36-,37-,38+,40+/m1/s1. The van der Waals surface area contributed by atoms with E-state index < -0.39 is 55.8 Å². The van der Waals surface area contributed by atoms with E-state index in [-0.39, 0.29) is 40.3 Å². The molecule has 3 saturated carbocycles. The van der Waals surface area contributed by atoms with E-state index in [9.17, 15) is 18.3 Å². The second-order valence-electron chi connectivity index (χ2n) is 18.9. The van der Waals surface area contributed by atoms with Gasteiger partial charge in [-0.2, -0.15) is 5.10 Å². The molecule has 1 aliphatic heterocycles. The molecular formula is C40H67N5O6S. The van der Waals surface area contributed by atoms with Gasteiger partial charge in [-0.05, 0) is 91.3 Å². The maximum atomic E-state index is 13.6. The number of hydrogen-bond donors (Lipinski definition) is 3. The molecule has 0 unspecified atom stereocenters. The largest absolute Gasteiger partial charge is 0.481 e. The van der Waals surface area contributed by atoms with Crippen LogP contribution in [0.5, 0.6) is 0 Å². The number of carbonyl (C=O) groups is 1. The van der Waals surface area contributed by atoms with Gasteiger partial charge in [0.1, 0.15) is 6.33 Å². The zero-order valence-corrected chi connectivity index (χ0v) is 34.3. The van der Waals surface area contributed by atoms with Gasteiger partial charge in [0.15, 0.2) is 0 Å². The molecule has 12 heteroatoms. The van der Waals surface area contributed by atoms with Crippen LogP contribution in [0, 0.1) is 56.7 Å². The molecule has 4 fully saturated rings. The number of fused-ring (bicyclic) bond motifs is 3. The highest BCUT2D eigenvalue weighted by atomic mass is 32.2. The van der Waals surface area contributed by atoms with Crippen LogP contribution in [0.3, 0.4) is 0 Å². The lowest BCUT2D eigenvalue weighted by Gasteiger charge is -2.71. The quantitative estimate of drug-likeness (QED) is 0.200. The Labute approximate surface area is 312 Å². The molecule has 0 spiro atoms. The van der Waals surface area contributed by atoms with E-state index in [4.69, 9.17) is 15.2 Å². The Morgan fingerprint density at radius 2 is 1.81 bits per heavy atom. The fraction of sp³-hybridized carbons (Fsp3) is 0.875. The average Bonchev–Trinajstić information content (AvgIpc) is 3.58. The third kappa shape index (κ3) is 5.61. The molecule has 11 nitrogen and oxygen atoms in total. The van der Waals surface area contributed by atoms with Crippen LogP contribution >= 0.6 is 0 Å². The first-order valence-corrected chi connectivity index (χ1v) is 21.5. The minimum atomic E-state index is -3.94. The molecule has 6 rings (SSSR count).